The van der Waals surface area contributed by atoms with Crippen LogP contribution in [-0.4, -0.2) is 32.2 Å². The van der Waals surface area contributed by atoms with Gasteiger partial charge >= 0.3 is 0 Å². The van der Waals surface area contributed by atoms with Gasteiger partial charge in [0.25, 0.3) is 5.91 Å². The molecule has 1 aromatic heterocycles. The fourth-order valence-corrected chi connectivity index (χ4v) is 4.19. The third-order valence-electron chi connectivity index (χ3n) is 4.88. The Bertz CT molecular complexity index is 1080. The number of halogens is 1. The largest absolute Gasteiger partial charge is 0.342 e. The van der Waals surface area contributed by atoms with Gasteiger partial charge in [-0.2, -0.15) is 0 Å². The Kier molecular flexibility index (Phi) is 7.67. The highest BCUT2D eigenvalue weighted by Gasteiger charge is 2.25. The topological polar surface area (TPSA) is 76.9 Å². The second kappa shape index (κ2) is 10.2. The van der Waals surface area contributed by atoms with Gasteiger partial charge < -0.3 is 9.88 Å². The monoisotopic (exact) mass is 500 g/mol. The van der Waals surface area contributed by atoms with Crippen molar-refractivity contribution in [1.29, 1.82) is 0 Å². The van der Waals surface area contributed by atoms with Crippen molar-refractivity contribution in [2.75, 3.05) is 5.75 Å². The average Bonchev–Trinajstić information content (AvgIpc) is 3.10. The summed E-state index contributed by atoms with van der Waals surface area (Å²) in [5, 5.41) is 12.3. The first-order valence-electron chi connectivity index (χ1n) is 9.94. The number of carbonyl (C=O) groups is 2. The molecule has 1 N–H and O–H groups in total. The molecule has 0 aliphatic heterocycles. The van der Waals surface area contributed by atoms with Gasteiger partial charge in [-0.25, -0.2) is 0 Å². The molecule has 0 fully saturated rings. The number of thioether (sulfide) groups is 1. The lowest BCUT2D eigenvalue weighted by atomic mass is 10.0. The predicted octanol–water partition coefficient (Wildman–Crippen LogP) is 4.99. The number of rotatable bonds is 8. The second-order valence-corrected chi connectivity index (χ2v) is 9.54. The minimum Gasteiger partial charge on any atom is -0.342 e. The van der Waals surface area contributed by atoms with E-state index in [4.69, 9.17) is 0 Å². The van der Waals surface area contributed by atoms with Gasteiger partial charge in [0.15, 0.2) is 16.8 Å². The summed E-state index contributed by atoms with van der Waals surface area (Å²) in [6, 6.07) is 14.5. The van der Waals surface area contributed by atoms with E-state index in [9.17, 15) is 9.59 Å². The van der Waals surface area contributed by atoms with Gasteiger partial charge in [0, 0.05) is 22.6 Å². The lowest BCUT2D eigenvalue weighted by Crippen LogP contribution is -2.33. The van der Waals surface area contributed by atoms with E-state index in [-0.39, 0.29) is 29.4 Å². The highest BCUT2D eigenvalue weighted by molar-refractivity contribution is 9.10. The SMILES string of the molecule is Cc1cccc(C(=O)N[C@H](c2nnc(SCC(=O)c3ccc(Br)cc3)n2C)C(C)C)c1. The molecule has 8 heteroatoms. The predicted molar refractivity (Wildman–Crippen MR) is 126 cm³/mol. The summed E-state index contributed by atoms with van der Waals surface area (Å²) < 4.78 is 2.78. The summed E-state index contributed by atoms with van der Waals surface area (Å²) >= 11 is 4.71. The number of hydrogen-bond acceptors (Lipinski definition) is 5. The Morgan fingerprint density at radius 1 is 1.10 bits per heavy atom. The molecule has 2 aromatic carbocycles. The zero-order valence-electron chi connectivity index (χ0n) is 17.9. The second-order valence-electron chi connectivity index (χ2n) is 7.68. The maximum atomic E-state index is 12.8. The molecule has 1 atom stereocenters. The molecular formula is C23H25BrN4O2S. The van der Waals surface area contributed by atoms with E-state index >= 15 is 0 Å². The third kappa shape index (κ3) is 5.83. The number of ketones is 1. The average molecular weight is 501 g/mol. The number of nitrogens with zero attached hydrogens (tertiary/aromatic N) is 3. The Morgan fingerprint density at radius 3 is 2.45 bits per heavy atom. The molecule has 6 nitrogen and oxygen atoms in total. The van der Waals surface area contributed by atoms with Gasteiger partial charge in [-0.3, -0.25) is 9.59 Å². The molecule has 0 spiro atoms. The minimum absolute atomic E-state index is 0.0233. The van der Waals surface area contributed by atoms with E-state index in [2.05, 4.69) is 31.4 Å². The van der Waals surface area contributed by atoms with Crippen molar-refractivity contribution in [2.45, 2.75) is 32.0 Å². The van der Waals surface area contributed by atoms with Crippen molar-refractivity contribution in [3.8, 4) is 0 Å². The third-order valence-corrected chi connectivity index (χ3v) is 6.43. The molecule has 0 saturated carbocycles. The molecule has 31 heavy (non-hydrogen) atoms. The molecule has 0 bridgehead atoms. The Labute approximate surface area is 195 Å². The zero-order valence-corrected chi connectivity index (χ0v) is 20.3. The summed E-state index contributed by atoms with van der Waals surface area (Å²) in [7, 11) is 1.86. The summed E-state index contributed by atoms with van der Waals surface area (Å²) in [4.78, 5) is 25.2. The number of Topliss-reactive ketones (excluding diaryl/α,β-unsaturated/α-hetero) is 1. The van der Waals surface area contributed by atoms with Crippen LogP contribution in [0.1, 0.15) is 52.0 Å². The molecule has 0 aliphatic carbocycles. The highest BCUT2D eigenvalue weighted by atomic mass is 79.9. The molecule has 0 aliphatic rings. The maximum Gasteiger partial charge on any atom is 0.251 e. The van der Waals surface area contributed by atoms with Crippen molar-refractivity contribution in [2.24, 2.45) is 13.0 Å². The Balaban J connectivity index is 1.71. The maximum absolute atomic E-state index is 12.8. The van der Waals surface area contributed by atoms with E-state index < -0.39 is 0 Å². The van der Waals surface area contributed by atoms with Crippen LogP contribution in [0.2, 0.25) is 0 Å². The summed E-state index contributed by atoms with van der Waals surface area (Å²) in [5.74, 6) is 0.906. The molecule has 1 amide bonds. The molecular weight excluding hydrogens is 476 g/mol. The highest BCUT2D eigenvalue weighted by Crippen LogP contribution is 2.25. The fourth-order valence-electron chi connectivity index (χ4n) is 3.11. The normalized spacial score (nSPS) is 12.1. The molecule has 0 saturated heterocycles. The van der Waals surface area contributed by atoms with E-state index in [0.717, 1.165) is 10.0 Å². The summed E-state index contributed by atoms with van der Waals surface area (Å²) in [6.45, 7) is 6.01. The molecule has 162 valence electrons. The molecule has 1 heterocycles. The van der Waals surface area contributed by atoms with E-state index in [0.29, 0.717) is 22.1 Å². The number of aryl methyl sites for hydroxylation is 1. The number of amides is 1. The van der Waals surface area contributed by atoms with E-state index in [1.807, 2.05) is 62.7 Å². The van der Waals surface area contributed by atoms with Crippen molar-refractivity contribution in [3.63, 3.8) is 0 Å². The van der Waals surface area contributed by atoms with E-state index in [1.165, 1.54) is 11.8 Å². The Morgan fingerprint density at radius 2 is 1.81 bits per heavy atom. The van der Waals surface area contributed by atoms with E-state index in [1.54, 1.807) is 18.2 Å². The Hall–Kier alpha value is -2.45. The lowest BCUT2D eigenvalue weighted by Gasteiger charge is -2.21. The van der Waals surface area contributed by atoms with Crippen molar-refractivity contribution in [1.82, 2.24) is 20.1 Å². The van der Waals surface area contributed by atoms with Crippen LogP contribution in [0.15, 0.2) is 58.2 Å². The van der Waals surface area contributed by atoms with Crippen LogP contribution in [0.4, 0.5) is 0 Å². The quantitative estimate of drug-likeness (QED) is 0.348. The zero-order chi connectivity index (χ0) is 22.5. The standard InChI is InChI=1S/C23H25BrN4O2S/c1-14(2)20(25-22(30)17-7-5-6-15(3)12-17)21-26-27-23(28(21)4)31-13-19(29)16-8-10-18(24)11-9-16/h5-12,14,20H,13H2,1-4H3,(H,25,30)/t20-/m0/s1. The van der Waals surface area contributed by atoms with Crippen LogP contribution in [-0.2, 0) is 7.05 Å². The van der Waals surface area contributed by atoms with Crippen LogP contribution < -0.4 is 5.32 Å². The van der Waals surface area contributed by atoms with Gasteiger partial charge in [-0.05, 0) is 37.1 Å². The molecule has 3 rings (SSSR count). The van der Waals surface area contributed by atoms with Crippen LogP contribution in [0, 0.1) is 12.8 Å². The summed E-state index contributed by atoms with van der Waals surface area (Å²) in [5.41, 5.74) is 2.30. The van der Waals surface area contributed by atoms with Crippen LogP contribution in [0.3, 0.4) is 0 Å². The molecule has 0 radical (unpaired) electrons. The van der Waals surface area contributed by atoms with Gasteiger partial charge in [-0.1, -0.05) is 71.4 Å². The number of benzene rings is 2. The molecule has 0 unspecified atom stereocenters. The van der Waals surface area contributed by atoms with Crippen LogP contribution >= 0.6 is 27.7 Å². The van der Waals surface area contributed by atoms with Crippen molar-refractivity contribution < 1.29 is 9.59 Å². The first kappa shape index (κ1) is 23.2. The van der Waals surface area contributed by atoms with Gasteiger partial charge in [0.05, 0.1) is 11.8 Å². The molecule has 3 aromatic rings. The van der Waals surface area contributed by atoms with Gasteiger partial charge in [0.2, 0.25) is 0 Å². The van der Waals surface area contributed by atoms with Crippen molar-refractivity contribution >= 4 is 39.4 Å². The number of hydrogen-bond donors (Lipinski definition) is 1. The lowest BCUT2D eigenvalue weighted by molar-refractivity contribution is 0.0921. The van der Waals surface area contributed by atoms with Crippen LogP contribution in [0.5, 0.6) is 0 Å². The minimum atomic E-state index is -0.304. The van der Waals surface area contributed by atoms with Crippen LogP contribution in [0.25, 0.3) is 0 Å². The first-order valence-corrected chi connectivity index (χ1v) is 11.7. The number of nitrogens with one attached hydrogen (secondary N) is 1. The number of aromatic nitrogens is 3. The van der Waals surface area contributed by atoms with Gasteiger partial charge in [-0.15, -0.1) is 10.2 Å². The number of carbonyl (C=O) groups excluding carboxylic acids is 2. The van der Waals surface area contributed by atoms with Gasteiger partial charge in [0.1, 0.15) is 0 Å². The fraction of sp³-hybridized carbons (Fsp3) is 0.304. The summed E-state index contributed by atoms with van der Waals surface area (Å²) in [6.07, 6.45) is 0. The van der Waals surface area contributed by atoms with Crippen molar-refractivity contribution in [3.05, 3.63) is 75.5 Å². The first-order chi connectivity index (χ1) is 14.8. The smallest absolute Gasteiger partial charge is 0.251 e.